The molecule has 2 N–H and O–H groups in total. The molecule has 9 nitrogen and oxygen atoms in total. The Balaban J connectivity index is 2.62. The third-order valence-corrected chi connectivity index (χ3v) is 5.95. The Hall–Kier alpha value is -2.17. The lowest BCUT2D eigenvalue weighted by atomic mass is 10.1. The SMILES string of the molecule is COCCn1c(=O)n(C(C)C)c(=O)c2c(C)c(CNN(C(=O)O)C(C)(C)C)sc21. The molecule has 1 amide bonds. The molecular weight excluding hydrogens is 396 g/mol. The molecule has 0 aliphatic rings. The average Bonchev–Trinajstić information content (AvgIpc) is 2.90. The molecule has 0 saturated heterocycles. The van der Waals surface area contributed by atoms with Gasteiger partial charge in [-0.2, -0.15) is 0 Å². The molecule has 0 saturated carbocycles. The van der Waals surface area contributed by atoms with E-state index in [-0.39, 0.29) is 23.8 Å². The molecule has 0 unspecified atom stereocenters. The summed E-state index contributed by atoms with van der Waals surface area (Å²) in [5, 5.41) is 11.1. The minimum absolute atomic E-state index is 0.230. The van der Waals surface area contributed by atoms with Crippen LogP contribution in [0.3, 0.4) is 0 Å². The van der Waals surface area contributed by atoms with Gasteiger partial charge in [-0.05, 0) is 47.1 Å². The van der Waals surface area contributed by atoms with E-state index < -0.39 is 11.6 Å². The number of nitrogens with zero attached hydrogens (tertiary/aromatic N) is 3. The zero-order chi connectivity index (χ0) is 22.1. The Morgan fingerprint density at radius 2 is 1.93 bits per heavy atom. The van der Waals surface area contributed by atoms with Crippen molar-refractivity contribution in [2.75, 3.05) is 13.7 Å². The summed E-state index contributed by atoms with van der Waals surface area (Å²) >= 11 is 1.33. The zero-order valence-electron chi connectivity index (χ0n) is 18.0. The molecule has 10 heteroatoms. The second-order valence-electron chi connectivity index (χ2n) is 8.15. The maximum atomic E-state index is 13.1. The number of methoxy groups -OCH3 is 1. The topological polar surface area (TPSA) is 106 Å². The fourth-order valence-corrected chi connectivity index (χ4v) is 4.40. The van der Waals surface area contributed by atoms with Gasteiger partial charge in [0, 0.05) is 18.0 Å². The van der Waals surface area contributed by atoms with Crippen LogP contribution in [0, 0.1) is 6.92 Å². The summed E-state index contributed by atoms with van der Waals surface area (Å²) in [6.45, 7) is 11.7. The number of nitrogens with one attached hydrogen (secondary N) is 1. The molecule has 2 aromatic rings. The van der Waals surface area contributed by atoms with Crippen LogP contribution < -0.4 is 16.7 Å². The molecule has 0 atom stereocenters. The molecule has 162 valence electrons. The minimum Gasteiger partial charge on any atom is -0.464 e. The minimum atomic E-state index is -1.09. The van der Waals surface area contributed by atoms with Crippen molar-refractivity contribution in [3.63, 3.8) is 0 Å². The lowest BCUT2D eigenvalue weighted by Gasteiger charge is -2.33. The van der Waals surface area contributed by atoms with Crippen LogP contribution in [0.5, 0.6) is 0 Å². The first-order chi connectivity index (χ1) is 13.4. The number of hydrogen-bond acceptors (Lipinski definition) is 6. The number of hydrazine groups is 1. The molecule has 0 bridgehead atoms. The Kier molecular flexibility index (Phi) is 6.92. The summed E-state index contributed by atoms with van der Waals surface area (Å²) in [5.74, 6) is 0. The molecule has 0 aliphatic heterocycles. The van der Waals surface area contributed by atoms with E-state index >= 15 is 0 Å². The molecule has 0 aliphatic carbocycles. The van der Waals surface area contributed by atoms with E-state index in [4.69, 9.17) is 4.74 Å². The second-order valence-corrected chi connectivity index (χ2v) is 9.23. The summed E-state index contributed by atoms with van der Waals surface area (Å²) in [5.41, 5.74) is 2.37. The summed E-state index contributed by atoms with van der Waals surface area (Å²) in [7, 11) is 1.56. The van der Waals surface area contributed by atoms with E-state index in [9.17, 15) is 19.5 Å². The predicted octanol–water partition coefficient (Wildman–Crippen LogP) is 2.54. The smallest absolute Gasteiger partial charge is 0.422 e. The zero-order valence-corrected chi connectivity index (χ0v) is 18.8. The lowest BCUT2D eigenvalue weighted by Crippen LogP contribution is -2.52. The number of carboxylic acid groups (broad SMARTS) is 1. The maximum absolute atomic E-state index is 13.1. The van der Waals surface area contributed by atoms with E-state index in [0.29, 0.717) is 23.4 Å². The molecule has 0 spiro atoms. The van der Waals surface area contributed by atoms with Gasteiger partial charge in [0.25, 0.3) is 5.56 Å². The Bertz CT molecular complexity index is 1010. The van der Waals surface area contributed by atoms with Crippen LogP contribution in [0.25, 0.3) is 10.2 Å². The van der Waals surface area contributed by atoms with Crippen molar-refractivity contribution >= 4 is 27.6 Å². The van der Waals surface area contributed by atoms with Crippen LogP contribution in [-0.2, 0) is 17.8 Å². The van der Waals surface area contributed by atoms with Crippen molar-refractivity contribution in [3.05, 3.63) is 31.3 Å². The van der Waals surface area contributed by atoms with Gasteiger partial charge in [0.2, 0.25) is 0 Å². The monoisotopic (exact) mass is 426 g/mol. The van der Waals surface area contributed by atoms with Crippen LogP contribution >= 0.6 is 11.3 Å². The third-order valence-electron chi connectivity index (χ3n) is 4.64. The van der Waals surface area contributed by atoms with Crippen molar-refractivity contribution < 1.29 is 14.6 Å². The van der Waals surface area contributed by atoms with E-state index in [2.05, 4.69) is 5.43 Å². The third kappa shape index (κ3) is 4.54. The fourth-order valence-electron chi connectivity index (χ4n) is 3.16. The summed E-state index contributed by atoms with van der Waals surface area (Å²) in [4.78, 5) is 38.9. The Morgan fingerprint density at radius 1 is 1.31 bits per heavy atom. The quantitative estimate of drug-likeness (QED) is 0.659. The molecule has 2 rings (SSSR count). The van der Waals surface area contributed by atoms with Gasteiger partial charge in [0.1, 0.15) is 4.83 Å². The van der Waals surface area contributed by atoms with E-state index in [1.807, 2.05) is 6.92 Å². The summed E-state index contributed by atoms with van der Waals surface area (Å²) in [6, 6.07) is -0.280. The molecule has 0 aromatic carbocycles. The van der Waals surface area contributed by atoms with Crippen molar-refractivity contribution in [1.29, 1.82) is 0 Å². The highest BCUT2D eigenvalue weighted by molar-refractivity contribution is 7.18. The number of ether oxygens (including phenoxy) is 1. The highest BCUT2D eigenvalue weighted by Crippen LogP contribution is 2.28. The first-order valence-corrected chi connectivity index (χ1v) is 10.3. The number of rotatable bonds is 7. The predicted molar refractivity (Wildman–Crippen MR) is 114 cm³/mol. The van der Waals surface area contributed by atoms with Crippen molar-refractivity contribution in [2.24, 2.45) is 0 Å². The van der Waals surface area contributed by atoms with Crippen LogP contribution in [0.1, 0.15) is 51.1 Å². The van der Waals surface area contributed by atoms with Crippen molar-refractivity contribution in [3.8, 4) is 0 Å². The molecule has 2 aromatic heterocycles. The van der Waals surface area contributed by atoms with Gasteiger partial charge < -0.3 is 9.84 Å². The standard InChI is InChI=1S/C19H30N4O5S/c1-11(2)22-15(24)14-12(3)13(10-20-23(18(26)27)19(4,5)6)29-16(14)21(17(22)25)8-9-28-7/h11,20H,8-10H2,1-7H3,(H,26,27). The van der Waals surface area contributed by atoms with E-state index in [1.165, 1.54) is 15.9 Å². The number of thiophene rings is 1. The van der Waals surface area contributed by atoms with E-state index in [1.54, 1.807) is 46.3 Å². The molecule has 0 fully saturated rings. The van der Waals surface area contributed by atoms with Crippen LogP contribution in [0.15, 0.2) is 9.59 Å². The molecule has 0 radical (unpaired) electrons. The largest absolute Gasteiger partial charge is 0.464 e. The fraction of sp³-hybridized carbons (Fsp3) is 0.632. The number of carbonyl (C=O) groups is 1. The number of hydrogen-bond donors (Lipinski definition) is 2. The molecule has 29 heavy (non-hydrogen) atoms. The highest BCUT2D eigenvalue weighted by Gasteiger charge is 2.27. The van der Waals surface area contributed by atoms with Crippen LogP contribution in [0.4, 0.5) is 4.79 Å². The lowest BCUT2D eigenvalue weighted by molar-refractivity contribution is 0.0626. The van der Waals surface area contributed by atoms with Gasteiger partial charge in [0.15, 0.2) is 0 Å². The first-order valence-electron chi connectivity index (χ1n) is 9.44. The van der Waals surface area contributed by atoms with Gasteiger partial charge in [-0.25, -0.2) is 20.0 Å². The van der Waals surface area contributed by atoms with Crippen molar-refractivity contribution in [2.45, 2.75) is 66.2 Å². The average molecular weight is 427 g/mol. The number of fused-ring (bicyclic) bond motifs is 1. The molecule has 2 heterocycles. The Labute approximate surface area is 173 Å². The number of amides is 1. The molecular formula is C19H30N4O5S. The van der Waals surface area contributed by atoms with Gasteiger partial charge >= 0.3 is 11.8 Å². The van der Waals surface area contributed by atoms with Gasteiger partial charge in [-0.3, -0.25) is 13.9 Å². The van der Waals surface area contributed by atoms with Crippen LogP contribution in [-0.4, -0.2) is 44.6 Å². The number of aryl methyl sites for hydroxylation is 1. The Morgan fingerprint density at radius 3 is 2.41 bits per heavy atom. The summed E-state index contributed by atoms with van der Waals surface area (Å²) in [6.07, 6.45) is -1.09. The highest BCUT2D eigenvalue weighted by atomic mass is 32.1. The van der Waals surface area contributed by atoms with Gasteiger partial charge in [-0.15, -0.1) is 11.3 Å². The van der Waals surface area contributed by atoms with E-state index in [0.717, 1.165) is 15.4 Å². The summed E-state index contributed by atoms with van der Waals surface area (Å²) < 4.78 is 7.96. The normalized spacial score (nSPS) is 12.1. The second kappa shape index (κ2) is 8.68. The van der Waals surface area contributed by atoms with Gasteiger partial charge in [-0.1, -0.05) is 0 Å². The van der Waals surface area contributed by atoms with Crippen molar-refractivity contribution in [1.82, 2.24) is 19.6 Å². The van der Waals surface area contributed by atoms with Gasteiger partial charge in [0.05, 0.1) is 30.6 Å². The number of aromatic nitrogens is 2. The first kappa shape index (κ1) is 23.1. The maximum Gasteiger partial charge on any atom is 0.422 e. The van der Waals surface area contributed by atoms with Crippen LogP contribution in [0.2, 0.25) is 0 Å².